The summed E-state index contributed by atoms with van der Waals surface area (Å²) >= 11 is 0. The molecule has 0 aromatic carbocycles. The summed E-state index contributed by atoms with van der Waals surface area (Å²) < 4.78 is 24.3. The highest BCUT2D eigenvalue weighted by atomic mass is 19.2. The first-order valence-corrected chi connectivity index (χ1v) is 9.03. The molecule has 0 saturated carbocycles. The number of rotatable bonds is 4. The van der Waals surface area contributed by atoms with Gasteiger partial charge in [0.2, 0.25) is 0 Å². The van der Waals surface area contributed by atoms with Crippen LogP contribution in [0.4, 0.5) is 14.6 Å². The van der Waals surface area contributed by atoms with E-state index in [1.54, 1.807) is 6.20 Å². The molecule has 2 aromatic heterocycles. The highest BCUT2D eigenvalue weighted by Crippen LogP contribution is 2.27. The smallest absolute Gasteiger partial charge is 0.143 e. The van der Waals surface area contributed by atoms with Crippen molar-refractivity contribution in [1.82, 2.24) is 9.97 Å². The molecule has 2 aromatic rings. The van der Waals surface area contributed by atoms with Gasteiger partial charge in [-0.2, -0.15) is 0 Å². The number of hydrogen-bond acceptors (Lipinski definition) is 3. The summed E-state index contributed by atoms with van der Waals surface area (Å²) in [6, 6.07) is 6.18. The van der Waals surface area contributed by atoms with Crippen LogP contribution in [-0.4, -0.2) is 9.97 Å². The lowest BCUT2D eigenvalue weighted by atomic mass is 10.00. The first-order valence-electron chi connectivity index (χ1n) is 9.03. The van der Waals surface area contributed by atoms with Gasteiger partial charge in [0.15, 0.2) is 0 Å². The molecule has 0 aliphatic carbocycles. The molecular weight excluding hydrogens is 356 g/mol. The molecule has 0 saturated heterocycles. The molecule has 1 aliphatic rings. The lowest BCUT2D eigenvalue weighted by Gasteiger charge is -2.16. The van der Waals surface area contributed by atoms with Crippen molar-refractivity contribution in [1.29, 1.82) is 0 Å². The van der Waals surface area contributed by atoms with Gasteiger partial charge in [0, 0.05) is 42.3 Å². The van der Waals surface area contributed by atoms with Crippen molar-refractivity contribution in [2.45, 2.75) is 33.1 Å². The van der Waals surface area contributed by atoms with E-state index in [4.69, 9.17) is 6.42 Å². The van der Waals surface area contributed by atoms with Gasteiger partial charge in [0.1, 0.15) is 17.5 Å². The zero-order chi connectivity index (χ0) is 20.4. The third kappa shape index (κ3) is 5.88. The van der Waals surface area contributed by atoms with Crippen LogP contribution in [0.25, 0.3) is 11.1 Å². The summed E-state index contributed by atoms with van der Waals surface area (Å²) in [4.78, 5) is 8.63. The number of fused-ring (bicyclic) bond motifs is 1. The highest BCUT2D eigenvalue weighted by Gasteiger charge is 2.11. The van der Waals surface area contributed by atoms with Crippen molar-refractivity contribution in [3.05, 3.63) is 77.9 Å². The third-order valence-corrected chi connectivity index (χ3v) is 3.99. The number of nitrogens with zero attached hydrogens (tertiary/aromatic N) is 2. The van der Waals surface area contributed by atoms with Crippen LogP contribution in [-0.2, 0) is 6.42 Å². The number of anilines is 1. The fraction of sp³-hybridized carbons (Fsp3) is 0.217. The highest BCUT2D eigenvalue weighted by molar-refractivity contribution is 5.66. The van der Waals surface area contributed by atoms with Crippen LogP contribution >= 0.6 is 0 Å². The fourth-order valence-corrected chi connectivity index (χ4v) is 2.60. The molecule has 28 heavy (non-hydrogen) atoms. The zero-order valence-corrected chi connectivity index (χ0v) is 16.0. The van der Waals surface area contributed by atoms with Gasteiger partial charge in [0.05, 0.1) is 6.42 Å². The number of terminal acetylenes is 1. The van der Waals surface area contributed by atoms with E-state index in [9.17, 15) is 8.78 Å². The fourth-order valence-electron chi connectivity index (χ4n) is 2.60. The number of allylic oxidation sites excluding steroid dienone is 5. The van der Waals surface area contributed by atoms with E-state index in [1.165, 1.54) is 18.1 Å². The summed E-state index contributed by atoms with van der Waals surface area (Å²) in [6.07, 6.45) is 17.2. The number of pyridine rings is 2. The standard InChI is InChI=1S/C16H15N3.C7H8F2/c1-2-4-12-7-14-8-15(11-19-16(14)18-9-12)13-5-3-6-17-10-13;1-3-5-7(9)6(8)4-2/h2-6,8-11H,7H2,1H3,(H,18,19);1H,4-5H2,2H3/b4-2+;7-6-. The van der Waals surface area contributed by atoms with Crippen LogP contribution in [0.5, 0.6) is 0 Å². The lowest BCUT2D eigenvalue weighted by Crippen LogP contribution is -2.06. The van der Waals surface area contributed by atoms with E-state index < -0.39 is 11.7 Å². The van der Waals surface area contributed by atoms with Gasteiger partial charge in [-0.3, -0.25) is 4.98 Å². The Hall–Kier alpha value is -3.26. The maximum absolute atomic E-state index is 12.2. The van der Waals surface area contributed by atoms with Gasteiger partial charge in [0.25, 0.3) is 0 Å². The van der Waals surface area contributed by atoms with Crippen molar-refractivity contribution in [2.75, 3.05) is 5.32 Å². The van der Waals surface area contributed by atoms with Crippen LogP contribution in [0.3, 0.4) is 0 Å². The summed E-state index contributed by atoms with van der Waals surface area (Å²) in [5.41, 5.74) is 4.69. The zero-order valence-electron chi connectivity index (χ0n) is 16.0. The van der Waals surface area contributed by atoms with E-state index in [-0.39, 0.29) is 12.8 Å². The largest absolute Gasteiger partial charge is 0.346 e. The van der Waals surface area contributed by atoms with Crippen LogP contribution < -0.4 is 5.32 Å². The molecule has 0 fully saturated rings. The Balaban J connectivity index is 0.000000266. The second kappa shape index (κ2) is 10.8. The van der Waals surface area contributed by atoms with Crippen LogP contribution in [0.15, 0.2) is 72.4 Å². The average Bonchev–Trinajstić information content (AvgIpc) is 2.74. The molecule has 5 heteroatoms. The molecule has 1 N–H and O–H groups in total. The Morgan fingerprint density at radius 1 is 1.29 bits per heavy atom. The van der Waals surface area contributed by atoms with Crippen molar-refractivity contribution in [3.63, 3.8) is 0 Å². The maximum atomic E-state index is 12.2. The van der Waals surface area contributed by atoms with E-state index in [0.29, 0.717) is 0 Å². The molecule has 0 amide bonds. The maximum Gasteiger partial charge on any atom is 0.143 e. The number of nitrogens with one attached hydrogen (secondary N) is 1. The molecule has 0 spiro atoms. The van der Waals surface area contributed by atoms with Gasteiger partial charge in [-0.25, -0.2) is 13.8 Å². The summed E-state index contributed by atoms with van der Waals surface area (Å²) in [6.45, 7) is 3.56. The lowest BCUT2D eigenvalue weighted by molar-refractivity contribution is 0.508. The van der Waals surface area contributed by atoms with Crippen molar-refractivity contribution in [3.8, 4) is 23.5 Å². The minimum absolute atomic E-state index is 0.0769. The summed E-state index contributed by atoms with van der Waals surface area (Å²) in [7, 11) is 0. The average molecular weight is 379 g/mol. The molecule has 0 bridgehead atoms. The first kappa shape index (κ1) is 21.0. The molecule has 0 atom stereocenters. The van der Waals surface area contributed by atoms with Crippen molar-refractivity contribution < 1.29 is 8.78 Å². The second-order valence-corrected chi connectivity index (χ2v) is 6.06. The second-order valence-electron chi connectivity index (χ2n) is 6.06. The molecule has 0 radical (unpaired) electrons. The minimum atomic E-state index is -0.819. The Labute approximate surface area is 164 Å². The normalized spacial score (nSPS) is 13.3. The molecular formula is C23H23F2N3. The topological polar surface area (TPSA) is 37.8 Å². The van der Waals surface area contributed by atoms with Gasteiger partial charge in [-0.05, 0) is 36.6 Å². The van der Waals surface area contributed by atoms with Crippen LogP contribution in [0, 0.1) is 12.3 Å². The molecule has 3 nitrogen and oxygen atoms in total. The first-order chi connectivity index (χ1) is 13.6. The molecule has 144 valence electrons. The predicted molar refractivity (Wildman–Crippen MR) is 111 cm³/mol. The summed E-state index contributed by atoms with van der Waals surface area (Å²) in [5, 5.41) is 3.24. The van der Waals surface area contributed by atoms with Crippen molar-refractivity contribution in [2.24, 2.45) is 0 Å². The van der Waals surface area contributed by atoms with Gasteiger partial charge in [-0.15, -0.1) is 6.42 Å². The summed E-state index contributed by atoms with van der Waals surface area (Å²) in [5.74, 6) is 1.39. The number of halogens is 2. The van der Waals surface area contributed by atoms with E-state index in [1.807, 2.05) is 37.5 Å². The van der Waals surface area contributed by atoms with Crippen molar-refractivity contribution >= 4 is 5.82 Å². The number of hydrogen-bond donors (Lipinski definition) is 1. The quantitative estimate of drug-likeness (QED) is 0.648. The molecule has 3 rings (SSSR count). The Bertz CT molecular complexity index is 923. The Morgan fingerprint density at radius 2 is 2.11 bits per heavy atom. The predicted octanol–water partition coefficient (Wildman–Crippen LogP) is 6.14. The monoisotopic (exact) mass is 379 g/mol. The van der Waals surface area contributed by atoms with E-state index in [0.717, 1.165) is 23.4 Å². The Kier molecular flexibility index (Phi) is 8.11. The van der Waals surface area contributed by atoms with Gasteiger partial charge < -0.3 is 5.32 Å². The molecule has 3 heterocycles. The van der Waals surface area contributed by atoms with E-state index >= 15 is 0 Å². The van der Waals surface area contributed by atoms with Gasteiger partial charge in [-0.1, -0.05) is 31.1 Å². The van der Waals surface area contributed by atoms with Crippen LogP contribution in [0.1, 0.15) is 32.3 Å². The van der Waals surface area contributed by atoms with E-state index in [2.05, 4.69) is 39.6 Å². The Morgan fingerprint density at radius 3 is 2.75 bits per heavy atom. The van der Waals surface area contributed by atoms with Crippen LogP contribution in [0.2, 0.25) is 0 Å². The number of aromatic nitrogens is 2. The van der Waals surface area contributed by atoms with Gasteiger partial charge >= 0.3 is 0 Å². The molecule has 1 aliphatic heterocycles. The third-order valence-electron chi connectivity index (χ3n) is 3.99. The molecule has 0 unspecified atom stereocenters. The SMILES string of the molecule is C#CC/C(F)=C(/F)CC.C/C=C/C1=CNc2ncc(-c3cccnc3)cc2C1. The minimum Gasteiger partial charge on any atom is -0.346 e.